The first-order valence-corrected chi connectivity index (χ1v) is 6.04. The standard InChI is InChI=1S/C14H18N2O2/c1-8(17)7-15-14(18)11-4-5-13-12(6-11)9(2)10(3)16-13/h4-6,8,16-17H,7H2,1-3H3,(H,15,18)/t8-/m1/s1. The highest BCUT2D eigenvalue weighted by Crippen LogP contribution is 2.22. The van der Waals surface area contributed by atoms with E-state index in [1.54, 1.807) is 13.0 Å². The molecule has 4 heteroatoms. The lowest BCUT2D eigenvalue weighted by atomic mass is 10.1. The minimum absolute atomic E-state index is 0.156. The second-order valence-electron chi connectivity index (χ2n) is 4.69. The molecule has 96 valence electrons. The number of aliphatic hydroxyl groups excluding tert-OH is 1. The number of fused-ring (bicyclic) bond motifs is 1. The molecule has 0 saturated carbocycles. The van der Waals surface area contributed by atoms with Crippen molar-refractivity contribution >= 4 is 16.8 Å². The Bertz CT molecular complexity index is 585. The number of hydrogen-bond donors (Lipinski definition) is 3. The summed E-state index contributed by atoms with van der Waals surface area (Å²) in [4.78, 5) is 15.1. The molecular weight excluding hydrogens is 228 g/mol. The summed E-state index contributed by atoms with van der Waals surface area (Å²) in [7, 11) is 0. The van der Waals surface area contributed by atoms with E-state index in [-0.39, 0.29) is 12.5 Å². The van der Waals surface area contributed by atoms with E-state index in [1.165, 1.54) is 0 Å². The van der Waals surface area contributed by atoms with Gasteiger partial charge in [0.15, 0.2) is 0 Å². The SMILES string of the molecule is Cc1[nH]c2ccc(C(=O)NC[C@@H](C)O)cc2c1C. The Morgan fingerprint density at radius 1 is 1.44 bits per heavy atom. The van der Waals surface area contributed by atoms with E-state index in [2.05, 4.69) is 10.3 Å². The summed E-state index contributed by atoms with van der Waals surface area (Å²) in [6.45, 7) is 5.96. The summed E-state index contributed by atoms with van der Waals surface area (Å²) >= 11 is 0. The van der Waals surface area contributed by atoms with Crippen LogP contribution >= 0.6 is 0 Å². The molecule has 0 aliphatic heterocycles. The van der Waals surface area contributed by atoms with Gasteiger partial charge in [0.2, 0.25) is 0 Å². The van der Waals surface area contributed by atoms with Gasteiger partial charge in [0.1, 0.15) is 0 Å². The van der Waals surface area contributed by atoms with Crippen molar-refractivity contribution in [3.8, 4) is 0 Å². The lowest BCUT2D eigenvalue weighted by Crippen LogP contribution is -2.30. The molecule has 2 aromatic rings. The van der Waals surface area contributed by atoms with Gasteiger partial charge in [0.25, 0.3) is 5.91 Å². The molecule has 0 unspecified atom stereocenters. The van der Waals surface area contributed by atoms with Gasteiger partial charge in [-0.3, -0.25) is 4.79 Å². The molecule has 0 aliphatic rings. The van der Waals surface area contributed by atoms with Gasteiger partial charge in [-0.2, -0.15) is 0 Å². The first-order chi connectivity index (χ1) is 8.49. The largest absolute Gasteiger partial charge is 0.392 e. The zero-order valence-corrected chi connectivity index (χ0v) is 10.9. The summed E-state index contributed by atoms with van der Waals surface area (Å²) < 4.78 is 0. The Balaban J connectivity index is 2.29. The molecule has 3 N–H and O–H groups in total. The lowest BCUT2D eigenvalue weighted by Gasteiger charge is -2.07. The molecule has 0 radical (unpaired) electrons. The van der Waals surface area contributed by atoms with E-state index in [4.69, 9.17) is 5.11 Å². The van der Waals surface area contributed by atoms with Crippen molar-refractivity contribution in [1.29, 1.82) is 0 Å². The van der Waals surface area contributed by atoms with Crippen molar-refractivity contribution in [1.82, 2.24) is 10.3 Å². The second kappa shape index (κ2) is 4.82. The zero-order valence-electron chi connectivity index (χ0n) is 10.9. The number of benzene rings is 1. The lowest BCUT2D eigenvalue weighted by molar-refractivity contribution is 0.0924. The minimum Gasteiger partial charge on any atom is -0.392 e. The van der Waals surface area contributed by atoms with Gasteiger partial charge in [0.05, 0.1) is 6.10 Å². The van der Waals surface area contributed by atoms with Gasteiger partial charge in [-0.05, 0) is 44.5 Å². The number of nitrogens with one attached hydrogen (secondary N) is 2. The molecule has 0 bridgehead atoms. The van der Waals surface area contributed by atoms with Gasteiger partial charge in [-0.1, -0.05) is 0 Å². The van der Waals surface area contributed by atoms with Crippen LogP contribution in [0.2, 0.25) is 0 Å². The second-order valence-corrected chi connectivity index (χ2v) is 4.69. The molecule has 0 aliphatic carbocycles. The van der Waals surface area contributed by atoms with E-state index < -0.39 is 6.10 Å². The van der Waals surface area contributed by atoms with E-state index in [0.29, 0.717) is 5.56 Å². The topological polar surface area (TPSA) is 65.1 Å². The molecule has 2 rings (SSSR count). The fourth-order valence-corrected chi connectivity index (χ4v) is 1.94. The van der Waals surface area contributed by atoms with Crippen molar-refractivity contribution in [2.75, 3.05) is 6.54 Å². The predicted molar refractivity (Wildman–Crippen MR) is 71.8 cm³/mol. The third kappa shape index (κ3) is 2.38. The number of hydrogen-bond acceptors (Lipinski definition) is 2. The Morgan fingerprint density at radius 2 is 2.17 bits per heavy atom. The summed E-state index contributed by atoms with van der Waals surface area (Å²) in [6, 6.07) is 5.58. The van der Waals surface area contributed by atoms with Crippen molar-refractivity contribution < 1.29 is 9.90 Å². The summed E-state index contributed by atoms with van der Waals surface area (Å²) in [5, 5.41) is 12.9. The molecule has 1 amide bonds. The average Bonchev–Trinajstić information content (AvgIpc) is 2.62. The van der Waals surface area contributed by atoms with Crippen LogP contribution in [0, 0.1) is 13.8 Å². The van der Waals surface area contributed by atoms with E-state index in [1.807, 2.05) is 26.0 Å². The summed E-state index contributed by atoms with van der Waals surface area (Å²) in [5.74, 6) is -0.156. The fourth-order valence-electron chi connectivity index (χ4n) is 1.94. The molecule has 0 fully saturated rings. The van der Waals surface area contributed by atoms with Crippen LogP contribution in [0.15, 0.2) is 18.2 Å². The number of aliphatic hydroxyl groups is 1. The van der Waals surface area contributed by atoms with Crippen molar-refractivity contribution in [2.24, 2.45) is 0 Å². The molecule has 18 heavy (non-hydrogen) atoms. The number of aryl methyl sites for hydroxylation is 2. The summed E-state index contributed by atoms with van der Waals surface area (Å²) in [5.41, 5.74) is 3.93. The normalized spacial score (nSPS) is 12.7. The Hall–Kier alpha value is -1.81. The van der Waals surface area contributed by atoms with Crippen LogP contribution in [0.25, 0.3) is 10.9 Å². The van der Waals surface area contributed by atoms with E-state index in [9.17, 15) is 4.79 Å². The van der Waals surface area contributed by atoms with Gasteiger partial charge < -0.3 is 15.4 Å². The monoisotopic (exact) mass is 246 g/mol. The molecular formula is C14H18N2O2. The first kappa shape index (κ1) is 12.6. The highest BCUT2D eigenvalue weighted by Gasteiger charge is 2.10. The van der Waals surface area contributed by atoms with Gasteiger partial charge in [-0.25, -0.2) is 0 Å². The number of aromatic amines is 1. The first-order valence-electron chi connectivity index (χ1n) is 6.04. The number of H-pyrrole nitrogens is 1. The zero-order chi connectivity index (χ0) is 13.3. The number of aromatic nitrogens is 1. The maximum absolute atomic E-state index is 11.9. The highest BCUT2D eigenvalue weighted by atomic mass is 16.3. The Morgan fingerprint density at radius 3 is 2.83 bits per heavy atom. The summed E-state index contributed by atoms with van der Waals surface area (Å²) in [6.07, 6.45) is -0.533. The number of carbonyl (C=O) groups excluding carboxylic acids is 1. The maximum atomic E-state index is 11.9. The van der Waals surface area contributed by atoms with Crippen LogP contribution < -0.4 is 5.32 Å². The van der Waals surface area contributed by atoms with Crippen LogP contribution in [-0.4, -0.2) is 28.6 Å². The predicted octanol–water partition coefficient (Wildman–Crippen LogP) is 1.90. The Kier molecular flexibility index (Phi) is 3.39. The molecule has 1 aromatic heterocycles. The molecule has 0 spiro atoms. The third-order valence-corrected chi connectivity index (χ3v) is 3.13. The van der Waals surface area contributed by atoms with Gasteiger partial charge in [0, 0.05) is 28.7 Å². The van der Waals surface area contributed by atoms with Crippen LogP contribution in [0.3, 0.4) is 0 Å². The van der Waals surface area contributed by atoms with Crippen molar-refractivity contribution in [3.63, 3.8) is 0 Å². The van der Waals surface area contributed by atoms with Crippen LogP contribution in [0.4, 0.5) is 0 Å². The number of carbonyl (C=O) groups is 1. The van der Waals surface area contributed by atoms with Crippen LogP contribution in [0.5, 0.6) is 0 Å². The smallest absolute Gasteiger partial charge is 0.251 e. The Labute approximate surface area is 106 Å². The van der Waals surface area contributed by atoms with Gasteiger partial charge >= 0.3 is 0 Å². The number of amides is 1. The molecule has 1 heterocycles. The van der Waals surface area contributed by atoms with Crippen molar-refractivity contribution in [3.05, 3.63) is 35.0 Å². The quantitative estimate of drug-likeness (QED) is 0.774. The van der Waals surface area contributed by atoms with E-state index >= 15 is 0 Å². The number of rotatable bonds is 3. The highest BCUT2D eigenvalue weighted by molar-refractivity contribution is 5.99. The minimum atomic E-state index is -0.533. The maximum Gasteiger partial charge on any atom is 0.251 e. The van der Waals surface area contributed by atoms with Crippen molar-refractivity contribution in [2.45, 2.75) is 26.9 Å². The molecule has 1 atom stereocenters. The fraction of sp³-hybridized carbons (Fsp3) is 0.357. The third-order valence-electron chi connectivity index (χ3n) is 3.13. The van der Waals surface area contributed by atoms with Crippen LogP contribution in [-0.2, 0) is 0 Å². The molecule has 0 saturated heterocycles. The van der Waals surface area contributed by atoms with Gasteiger partial charge in [-0.15, -0.1) is 0 Å². The molecule has 1 aromatic carbocycles. The average molecular weight is 246 g/mol. The van der Waals surface area contributed by atoms with E-state index in [0.717, 1.165) is 22.2 Å². The molecule has 4 nitrogen and oxygen atoms in total. The van der Waals surface area contributed by atoms with Crippen LogP contribution in [0.1, 0.15) is 28.5 Å².